The van der Waals surface area contributed by atoms with Gasteiger partial charge in [0.05, 0.1) is 0 Å². The van der Waals surface area contributed by atoms with Gasteiger partial charge in [-0.05, 0) is 30.5 Å². The van der Waals surface area contributed by atoms with Crippen molar-refractivity contribution in [3.63, 3.8) is 0 Å². The average Bonchev–Trinajstić information content (AvgIpc) is 2.58. The first-order chi connectivity index (χ1) is 8.84. The molecule has 92 valence electrons. The number of nitrogens with zero attached hydrogens (tertiary/aromatic N) is 3. The Balaban J connectivity index is 1.91. The maximum absolute atomic E-state index is 12.2. The number of amides is 1. The Hall–Kier alpha value is -1.62. The van der Waals surface area contributed by atoms with E-state index in [1.807, 2.05) is 12.1 Å². The van der Waals surface area contributed by atoms with Crippen LogP contribution in [0.1, 0.15) is 18.4 Å². The molecule has 1 aromatic rings. The van der Waals surface area contributed by atoms with Gasteiger partial charge in [-0.15, -0.1) is 0 Å². The standard InChI is InChI=1S/C13H13N3OS/c17-12-11(8-10-4-3-5-14-9-10)15-13-16(12)6-1-2-7-18-13/h3-5,8-9H,1-2,6-7H2/b11-8-. The number of amidine groups is 1. The third-order valence-corrected chi connectivity index (χ3v) is 3.97. The number of hydrogen-bond donors (Lipinski definition) is 0. The first-order valence-corrected chi connectivity index (χ1v) is 6.98. The van der Waals surface area contributed by atoms with Crippen molar-refractivity contribution >= 4 is 28.9 Å². The van der Waals surface area contributed by atoms with Crippen LogP contribution in [-0.2, 0) is 4.79 Å². The summed E-state index contributed by atoms with van der Waals surface area (Å²) >= 11 is 1.67. The van der Waals surface area contributed by atoms with E-state index >= 15 is 0 Å². The van der Waals surface area contributed by atoms with Crippen molar-refractivity contribution in [1.29, 1.82) is 0 Å². The second-order valence-electron chi connectivity index (χ2n) is 4.22. The van der Waals surface area contributed by atoms with Gasteiger partial charge in [-0.3, -0.25) is 14.7 Å². The fraction of sp³-hybridized carbons (Fsp3) is 0.308. The number of aromatic nitrogens is 1. The van der Waals surface area contributed by atoms with Crippen LogP contribution in [0.4, 0.5) is 0 Å². The molecule has 0 saturated carbocycles. The Morgan fingerprint density at radius 3 is 3.17 bits per heavy atom. The average molecular weight is 259 g/mol. The van der Waals surface area contributed by atoms with Crippen LogP contribution >= 0.6 is 11.8 Å². The number of thioether (sulfide) groups is 1. The van der Waals surface area contributed by atoms with Gasteiger partial charge in [0.25, 0.3) is 5.91 Å². The molecule has 0 bridgehead atoms. The van der Waals surface area contributed by atoms with Crippen LogP contribution in [0.3, 0.4) is 0 Å². The highest BCUT2D eigenvalue weighted by molar-refractivity contribution is 8.13. The van der Waals surface area contributed by atoms with Gasteiger partial charge < -0.3 is 0 Å². The van der Waals surface area contributed by atoms with E-state index in [-0.39, 0.29) is 5.91 Å². The molecule has 1 saturated heterocycles. The van der Waals surface area contributed by atoms with Crippen LogP contribution in [-0.4, -0.2) is 33.3 Å². The minimum atomic E-state index is 0.0169. The molecule has 1 fully saturated rings. The fourth-order valence-electron chi connectivity index (χ4n) is 1.99. The second kappa shape index (κ2) is 4.94. The molecule has 0 atom stereocenters. The van der Waals surface area contributed by atoms with Crippen molar-refractivity contribution < 1.29 is 4.79 Å². The summed E-state index contributed by atoms with van der Waals surface area (Å²) in [6, 6.07) is 3.77. The first kappa shape index (κ1) is 11.5. The highest BCUT2D eigenvalue weighted by atomic mass is 32.2. The Bertz CT molecular complexity index is 524. The molecule has 4 nitrogen and oxygen atoms in total. The molecule has 0 aliphatic carbocycles. The normalized spacial score (nSPS) is 21.8. The summed E-state index contributed by atoms with van der Waals surface area (Å²) in [5.74, 6) is 1.06. The molecular formula is C13H13N3OS. The minimum absolute atomic E-state index is 0.0169. The number of carbonyl (C=O) groups is 1. The topological polar surface area (TPSA) is 45.6 Å². The van der Waals surface area contributed by atoms with Gasteiger partial charge in [-0.25, -0.2) is 4.99 Å². The Morgan fingerprint density at radius 1 is 1.39 bits per heavy atom. The van der Waals surface area contributed by atoms with Crippen LogP contribution < -0.4 is 0 Å². The van der Waals surface area contributed by atoms with Gasteiger partial charge in [0.15, 0.2) is 5.17 Å². The zero-order valence-corrected chi connectivity index (χ0v) is 10.7. The molecule has 0 spiro atoms. The van der Waals surface area contributed by atoms with Crippen LogP contribution in [0.2, 0.25) is 0 Å². The van der Waals surface area contributed by atoms with E-state index in [0.717, 1.165) is 35.9 Å². The molecule has 3 heterocycles. The summed E-state index contributed by atoms with van der Waals surface area (Å²) in [6.45, 7) is 0.787. The van der Waals surface area contributed by atoms with Crippen molar-refractivity contribution in [2.45, 2.75) is 12.8 Å². The zero-order valence-electron chi connectivity index (χ0n) is 9.87. The van der Waals surface area contributed by atoms with E-state index < -0.39 is 0 Å². The first-order valence-electron chi connectivity index (χ1n) is 6.00. The van der Waals surface area contributed by atoms with E-state index in [1.165, 1.54) is 0 Å². The lowest BCUT2D eigenvalue weighted by Gasteiger charge is -2.13. The van der Waals surface area contributed by atoms with Gasteiger partial charge in [0.1, 0.15) is 5.70 Å². The Labute approximate surface area is 110 Å². The third-order valence-electron chi connectivity index (χ3n) is 2.91. The summed E-state index contributed by atoms with van der Waals surface area (Å²) in [5.41, 5.74) is 1.43. The number of aliphatic imine (C=N–C) groups is 1. The van der Waals surface area contributed by atoms with Crippen molar-refractivity contribution in [2.75, 3.05) is 12.3 Å². The molecular weight excluding hydrogens is 246 g/mol. The summed E-state index contributed by atoms with van der Waals surface area (Å²) in [7, 11) is 0. The largest absolute Gasteiger partial charge is 0.286 e. The Morgan fingerprint density at radius 2 is 2.33 bits per heavy atom. The quantitative estimate of drug-likeness (QED) is 0.726. The van der Waals surface area contributed by atoms with Crippen LogP contribution in [0, 0.1) is 0 Å². The molecule has 2 aliphatic heterocycles. The van der Waals surface area contributed by atoms with Crippen molar-refractivity contribution in [2.24, 2.45) is 4.99 Å². The van der Waals surface area contributed by atoms with Crippen LogP contribution in [0.5, 0.6) is 0 Å². The minimum Gasteiger partial charge on any atom is -0.286 e. The number of rotatable bonds is 1. The van der Waals surface area contributed by atoms with Crippen molar-refractivity contribution in [3.05, 3.63) is 35.8 Å². The highest BCUT2D eigenvalue weighted by Crippen LogP contribution is 2.27. The zero-order chi connectivity index (χ0) is 12.4. The predicted octanol–water partition coefficient (Wildman–Crippen LogP) is 2.15. The SMILES string of the molecule is O=C1/C(=C/c2cccnc2)N=C2SCCCCN12. The Kier molecular flexibility index (Phi) is 3.15. The van der Waals surface area contributed by atoms with E-state index in [1.54, 1.807) is 35.1 Å². The van der Waals surface area contributed by atoms with Crippen LogP contribution in [0.25, 0.3) is 6.08 Å². The predicted molar refractivity (Wildman–Crippen MR) is 73.1 cm³/mol. The smallest absolute Gasteiger partial charge is 0.278 e. The summed E-state index contributed by atoms with van der Waals surface area (Å²) in [4.78, 5) is 22.5. The van der Waals surface area contributed by atoms with Gasteiger partial charge in [-0.1, -0.05) is 17.8 Å². The monoisotopic (exact) mass is 259 g/mol. The van der Waals surface area contributed by atoms with Crippen LogP contribution in [0.15, 0.2) is 35.2 Å². The fourth-order valence-corrected chi connectivity index (χ4v) is 3.02. The highest BCUT2D eigenvalue weighted by Gasteiger charge is 2.31. The van der Waals surface area contributed by atoms with Crippen molar-refractivity contribution in [3.8, 4) is 0 Å². The molecule has 0 unspecified atom stereocenters. The second-order valence-corrected chi connectivity index (χ2v) is 5.28. The lowest BCUT2D eigenvalue weighted by atomic mass is 10.2. The van der Waals surface area contributed by atoms with E-state index in [9.17, 15) is 4.79 Å². The molecule has 3 rings (SSSR count). The van der Waals surface area contributed by atoms with Gasteiger partial charge in [-0.2, -0.15) is 0 Å². The maximum Gasteiger partial charge on any atom is 0.278 e. The molecule has 0 radical (unpaired) electrons. The van der Waals surface area contributed by atoms with E-state index in [4.69, 9.17) is 0 Å². The molecule has 1 aromatic heterocycles. The number of fused-ring (bicyclic) bond motifs is 1. The molecule has 0 aromatic carbocycles. The molecule has 1 amide bonds. The lowest BCUT2D eigenvalue weighted by Crippen LogP contribution is -2.30. The maximum atomic E-state index is 12.2. The molecule has 18 heavy (non-hydrogen) atoms. The third kappa shape index (κ3) is 2.18. The van der Waals surface area contributed by atoms with Gasteiger partial charge >= 0.3 is 0 Å². The summed E-state index contributed by atoms with van der Waals surface area (Å²) in [5, 5.41) is 0.854. The number of pyridine rings is 1. The van der Waals surface area contributed by atoms with Gasteiger partial charge in [0, 0.05) is 24.7 Å². The summed E-state index contributed by atoms with van der Waals surface area (Å²) in [6.07, 6.45) is 7.45. The van der Waals surface area contributed by atoms with Gasteiger partial charge in [0.2, 0.25) is 0 Å². The van der Waals surface area contributed by atoms with E-state index in [0.29, 0.717) is 5.70 Å². The lowest BCUT2D eigenvalue weighted by molar-refractivity contribution is -0.122. The van der Waals surface area contributed by atoms with Crippen molar-refractivity contribution in [1.82, 2.24) is 9.88 Å². The number of hydrogen-bond acceptors (Lipinski definition) is 4. The molecule has 0 N–H and O–H groups in total. The van der Waals surface area contributed by atoms with E-state index in [2.05, 4.69) is 9.98 Å². The molecule has 2 aliphatic rings. The number of carbonyl (C=O) groups excluding carboxylic acids is 1. The molecule has 5 heteroatoms. The summed E-state index contributed by atoms with van der Waals surface area (Å²) < 4.78 is 0.